The van der Waals surface area contributed by atoms with Crippen LogP contribution in [0.25, 0.3) is 5.69 Å². The van der Waals surface area contributed by atoms with Gasteiger partial charge in [0, 0.05) is 18.0 Å². The molecule has 0 atom stereocenters. The van der Waals surface area contributed by atoms with Gasteiger partial charge in [-0.05, 0) is 60.4 Å². The van der Waals surface area contributed by atoms with E-state index >= 15 is 0 Å². The second-order valence-electron chi connectivity index (χ2n) is 7.98. The summed E-state index contributed by atoms with van der Waals surface area (Å²) < 4.78 is 41.7. The summed E-state index contributed by atoms with van der Waals surface area (Å²) in [6.07, 6.45) is -2.98. The molecule has 0 unspecified atom stereocenters. The van der Waals surface area contributed by atoms with Crippen molar-refractivity contribution in [1.29, 1.82) is 0 Å². The van der Waals surface area contributed by atoms with Gasteiger partial charge in [-0.15, -0.1) is 0 Å². The average molecular weight is 445 g/mol. The highest BCUT2D eigenvalue weighted by Gasteiger charge is 2.48. The lowest BCUT2D eigenvalue weighted by molar-refractivity contribution is -0.137. The molecule has 0 bridgehead atoms. The predicted octanol–water partition coefficient (Wildman–Crippen LogP) is 3.92. The second-order valence-corrected chi connectivity index (χ2v) is 7.98. The van der Waals surface area contributed by atoms with Gasteiger partial charge >= 0.3 is 11.9 Å². The number of hydrogen-bond acceptors (Lipinski definition) is 5. The lowest BCUT2D eigenvalue weighted by Crippen LogP contribution is -2.23. The molecule has 1 fully saturated rings. The number of alkyl halides is 3. The third-order valence-corrected chi connectivity index (χ3v) is 5.93. The average Bonchev–Trinajstić information content (AvgIpc) is 3.50. The Balaban J connectivity index is 1.57. The Labute approximate surface area is 182 Å². The van der Waals surface area contributed by atoms with E-state index in [1.807, 2.05) is 13.0 Å². The summed E-state index contributed by atoms with van der Waals surface area (Å²) in [5.41, 5.74) is 1.73. The van der Waals surface area contributed by atoms with E-state index in [-0.39, 0.29) is 6.61 Å². The number of benzene rings is 2. The maximum atomic E-state index is 13.1. The minimum Gasteiger partial charge on any atom is -0.391 e. The van der Waals surface area contributed by atoms with Gasteiger partial charge in [0.25, 0.3) is 0 Å². The molecule has 0 saturated heterocycles. The summed E-state index contributed by atoms with van der Waals surface area (Å²) in [4.78, 5) is 17.9. The van der Waals surface area contributed by atoms with E-state index in [1.54, 1.807) is 25.1 Å². The number of hydrogen-bond donors (Lipinski definition) is 0. The molecule has 4 rings (SSSR count). The van der Waals surface area contributed by atoms with Crippen molar-refractivity contribution in [2.75, 3.05) is 0 Å². The Morgan fingerprint density at radius 3 is 2.53 bits per heavy atom. The van der Waals surface area contributed by atoms with E-state index in [9.17, 15) is 18.0 Å². The molecular formula is C22H22F3N5O2. The van der Waals surface area contributed by atoms with Gasteiger partial charge in [0.05, 0.1) is 17.0 Å². The van der Waals surface area contributed by atoms with Crippen molar-refractivity contribution in [2.45, 2.75) is 44.9 Å². The van der Waals surface area contributed by atoms with Crippen LogP contribution in [0.5, 0.6) is 0 Å². The molecule has 1 aromatic heterocycles. The van der Waals surface area contributed by atoms with Crippen LogP contribution in [0.4, 0.5) is 13.2 Å². The SMILES string of the molecule is C/C(=N\OCc1c(C)cccc1-n1nnn(C)c1=O)C1(c2cccc(C(F)(F)F)c2)CC1. The number of tetrazole rings is 1. The topological polar surface area (TPSA) is 74.3 Å². The van der Waals surface area contributed by atoms with Crippen LogP contribution in [0, 0.1) is 6.92 Å². The lowest BCUT2D eigenvalue weighted by Gasteiger charge is -2.17. The van der Waals surface area contributed by atoms with E-state index in [1.165, 1.54) is 23.9 Å². The Morgan fingerprint density at radius 2 is 1.91 bits per heavy atom. The molecule has 7 nitrogen and oxygen atoms in total. The van der Waals surface area contributed by atoms with Crippen LogP contribution in [0.15, 0.2) is 52.4 Å². The van der Waals surface area contributed by atoms with E-state index in [0.717, 1.165) is 21.9 Å². The Bertz CT molecular complexity index is 1240. The molecule has 168 valence electrons. The molecule has 0 N–H and O–H groups in total. The van der Waals surface area contributed by atoms with Crippen molar-refractivity contribution >= 4 is 5.71 Å². The highest BCUT2D eigenvalue weighted by atomic mass is 19.4. The number of halogens is 3. The first kappa shape index (κ1) is 21.8. The molecule has 0 amide bonds. The highest BCUT2D eigenvalue weighted by Crippen LogP contribution is 2.50. The summed E-state index contributed by atoms with van der Waals surface area (Å²) in [7, 11) is 1.51. The number of nitrogens with zero attached hydrogens (tertiary/aromatic N) is 5. The van der Waals surface area contributed by atoms with Crippen LogP contribution in [-0.4, -0.2) is 25.5 Å². The summed E-state index contributed by atoms with van der Waals surface area (Å²) in [6.45, 7) is 3.71. The zero-order valence-electron chi connectivity index (χ0n) is 17.8. The first-order valence-corrected chi connectivity index (χ1v) is 10.1. The Hall–Kier alpha value is -3.43. The fourth-order valence-electron chi connectivity index (χ4n) is 3.80. The van der Waals surface area contributed by atoms with Crippen molar-refractivity contribution in [3.63, 3.8) is 0 Å². The fourth-order valence-corrected chi connectivity index (χ4v) is 3.80. The summed E-state index contributed by atoms with van der Waals surface area (Å²) in [6, 6.07) is 10.8. The molecular weight excluding hydrogens is 423 g/mol. The van der Waals surface area contributed by atoms with Gasteiger partial charge in [-0.25, -0.2) is 4.79 Å². The smallest absolute Gasteiger partial charge is 0.391 e. The van der Waals surface area contributed by atoms with Crippen LogP contribution in [0.1, 0.15) is 42.0 Å². The fraction of sp³-hybridized carbons (Fsp3) is 0.364. The predicted molar refractivity (Wildman–Crippen MR) is 112 cm³/mol. The third kappa shape index (κ3) is 3.92. The molecule has 2 aromatic carbocycles. The van der Waals surface area contributed by atoms with Gasteiger partial charge in [-0.2, -0.15) is 22.5 Å². The van der Waals surface area contributed by atoms with Gasteiger partial charge in [0.15, 0.2) is 0 Å². The molecule has 1 saturated carbocycles. The van der Waals surface area contributed by atoms with Crippen molar-refractivity contribution in [3.8, 4) is 5.69 Å². The van der Waals surface area contributed by atoms with Gasteiger partial charge in [-0.3, -0.25) is 0 Å². The van der Waals surface area contributed by atoms with E-state index in [0.29, 0.717) is 29.8 Å². The lowest BCUT2D eigenvalue weighted by atomic mass is 9.90. The Morgan fingerprint density at radius 1 is 1.19 bits per heavy atom. The molecule has 0 radical (unpaired) electrons. The molecule has 0 aliphatic heterocycles. The van der Waals surface area contributed by atoms with E-state index < -0.39 is 22.8 Å². The third-order valence-electron chi connectivity index (χ3n) is 5.93. The van der Waals surface area contributed by atoms with Crippen molar-refractivity contribution in [1.82, 2.24) is 19.8 Å². The summed E-state index contributed by atoms with van der Waals surface area (Å²) in [5.74, 6) is 0. The van der Waals surface area contributed by atoms with Gasteiger partial charge in [-0.1, -0.05) is 35.5 Å². The minimum absolute atomic E-state index is 0.0705. The first-order valence-electron chi connectivity index (χ1n) is 10.1. The normalized spacial score (nSPS) is 15.6. The van der Waals surface area contributed by atoms with Crippen LogP contribution >= 0.6 is 0 Å². The summed E-state index contributed by atoms with van der Waals surface area (Å²) >= 11 is 0. The first-order chi connectivity index (χ1) is 15.1. The second kappa shape index (κ2) is 7.92. The molecule has 10 heteroatoms. The number of rotatable bonds is 6. The zero-order valence-corrected chi connectivity index (χ0v) is 17.8. The van der Waals surface area contributed by atoms with Crippen molar-refractivity contribution < 1.29 is 18.0 Å². The molecule has 3 aromatic rings. The minimum atomic E-state index is -4.40. The van der Waals surface area contributed by atoms with Crippen LogP contribution < -0.4 is 5.69 Å². The number of aryl methyl sites for hydroxylation is 2. The van der Waals surface area contributed by atoms with Crippen LogP contribution in [0.3, 0.4) is 0 Å². The maximum absolute atomic E-state index is 13.1. The highest BCUT2D eigenvalue weighted by molar-refractivity contribution is 5.95. The molecule has 1 aliphatic rings. The monoisotopic (exact) mass is 445 g/mol. The number of oxime groups is 1. The van der Waals surface area contributed by atoms with Crippen LogP contribution in [0.2, 0.25) is 0 Å². The number of aromatic nitrogens is 4. The Kier molecular flexibility index (Phi) is 5.39. The van der Waals surface area contributed by atoms with Crippen molar-refractivity contribution in [2.24, 2.45) is 12.2 Å². The quantitative estimate of drug-likeness (QED) is 0.426. The zero-order chi connectivity index (χ0) is 23.1. The summed E-state index contributed by atoms with van der Waals surface area (Å²) in [5, 5.41) is 11.9. The van der Waals surface area contributed by atoms with Crippen molar-refractivity contribution in [3.05, 3.63) is 75.2 Å². The van der Waals surface area contributed by atoms with Crippen LogP contribution in [-0.2, 0) is 30.1 Å². The molecule has 1 aliphatic carbocycles. The van der Waals surface area contributed by atoms with E-state index in [2.05, 4.69) is 15.6 Å². The van der Waals surface area contributed by atoms with Gasteiger partial charge < -0.3 is 4.84 Å². The van der Waals surface area contributed by atoms with Gasteiger partial charge in [0.2, 0.25) is 0 Å². The largest absolute Gasteiger partial charge is 0.416 e. The molecule has 0 spiro atoms. The standard InChI is InChI=1S/C22H22F3N5O2/c1-14-6-4-9-19(30-20(31)29(3)27-28-30)18(14)13-32-26-15(2)21(10-11-21)16-7-5-8-17(12-16)22(23,24)25/h4-9,12H,10-11,13H2,1-3H3/b26-15+. The molecule has 1 heterocycles. The van der Waals surface area contributed by atoms with E-state index in [4.69, 9.17) is 4.84 Å². The maximum Gasteiger partial charge on any atom is 0.416 e. The molecule has 32 heavy (non-hydrogen) atoms. The van der Waals surface area contributed by atoms with Gasteiger partial charge in [0.1, 0.15) is 6.61 Å².